The first-order chi connectivity index (χ1) is 8.19. The van der Waals surface area contributed by atoms with Crippen LogP contribution in [0.4, 0.5) is 5.95 Å². The van der Waals surface area contributed by atoms with Crippen LogP contribution < -0.4 is 10.1 Å². The van der Waals surface area contributed by atoms with Gasteiger partial charge in [0.1, 0.15) is 5.75 Å². The van der Waals surface area contributed by atoms with Gasteiger partial charge in [0, 0.05) is 7.05 Å². The number of H-pyrrole nitrogens is 1. The van der Waals surface area contributed by atoms with Gasteiger partial charge in [-0.1, -0.05) is 0 Å². The Kier molecular flexibility index (Phi) is 3.32. The van der Waals surface area contributed by atoms with E-state index in [0.29, 0.717) is 0 Å². The van der Waals surface area contributed by atoms with Gasteiger partial charge >= 0.3 is 0 Å². The summed E-state index contributed by atoms with van der Waals surface area (Å²) in [6.07, 6.45) is 2.01. The van der Waals surface area contributed by atoms with Crippen molar-refractivity contribution in [2.24, 2.45) is 0 Å². The van der Waals surface area contributed by atoms with Crippen LogP contribution in [0.5, 0.6) is 5.75 Å². The number of benzene rings is 1. The maximum atomic E-state index is 5.59. The van der Waals surface area contributed by atoms with Gasteiger partial charge < -0.3 is 15.0 Å². The van der Waals surface area contributed by atoms with Gasteiger partial charge in [0.2, 0.25) is 0 Å². The molecule has 0 atom stereocenters. The van der Waals surface area contributed by atoms with Gasteiger partial charge in [-0.3, -0.25) is 0 Å². The summed E-state index contributed by atoms with van der Waals surface area (Å²) in [5, 5.41) is 2.96. The third kappa shape index (κ3) is 2.78. The van der Waals surface area contributed by atoms with Crippen LogP contribution >= 0.6 is 0 Å². The molecule has 17 heavy (non-hydrogen) atoms. The fraction of sp³-hybridized carbons (Fsp3) is 0.308. The number of rotatable bonds is 4. The van der Waals surface area contributed by atoms with Gasteiger partial charge in [0.05, 0.1) is 18.0 Å². The smallest absolute Gasteiger partial charge is 0.200 e. The fourth-order valence-corrected chi connectivity index (χ4v) is 1.58. The minimum Gasteiger partial charge on any atom is -0.491 e. The normalized spacial score (nSPS) is 10.6. The van der Waals surface area contributed by atoms with Crippen LogP contribution in [0.25, 0.3) is 11.3 Å². The van der Waals surface area contributed by atoms with E-state index in [4.69, 9.17) is 4.74 Å². The third-order valence-corrected chi connectivity index (χ3v) is 2.35. The molecule has 4 nitrogen and oxygen atoms in total. The van der Waals surface area contributed by atoms with Crippen LogP contribution in [0.2, 0.25) is 0 Å². The van der Waals surface area contributed by atoms with Crippen molar-refractivity contribution in [3.63, 3.8) is 0 Å². The van der Waals surface area contributed by atoms with Gasteiger partial charge in [0.25, 0.3) is 0 Å². The van der Waals surface area contributed by atoms with Crippen LogP contribution in [-0.4, -0.2) is 23.1 Å². The molecule has 0 amide bonds. The van der Waals surface area contributed by atoms with E-state index in [0.717, 1.165) is 23.0 Å². The van der Waals surface area contributed by atoms with E-state index in [1.165, 1.54) is 0 Å². The molecular formula is C13H17N3O. The molecule has 0 unspecified atom stereocenters. The second-order valence-electron chi connectivity index (χ2n) is 4.09. The number of nitrogens with zero attached hydrogens (tertiary/aromatic N) is 1. The molecule has 2 N–H and O–H groups in total. The molecule has 0 bridgehead atoms. The topological polar surface area (TPSA) is 49.9 Å². The van der Waals surface area contributed by atoms with Crippen molar-refractivity contribution in [2.75, 3.05) is 12.4 Å². The highest BCUT2D eigenvalue weighted by Crippen LogP contribution is 2.22. The molecule has 0 radical (unpaired) electrons. The number of nitrogens with one attached hydrogen (secondary N) is 2. The fourth-order valence-electron chi connectivity index (χ4n) is 1.58. The first-order valence-corrected chi connectivity index (χ1v) is 5.69. The maximum Gasteiger partial charge on any atom is 0.200 e. The van der Waals surface area contributed by atoms with Crippen LogP contribution in [0.1, 0.15) is 13.8 Å². The summed E-state index contributed by atoms with van der Waals surface area (Å²) in [5.74, 6) is 1.65. The monoisotopic (exact) mass is 231 g/mol. The first-order valence-electron chi connectivity index (χ1n) is 5.69. The quantitative estimate of drug-likeness (QED) is 0.850. The van der Waals surface area contributed by atoms with E-state index in [9.17, 15) is 0 Å². The average Bonchev–Trinajstić information content (AvgIpc) is 2.78. The molecule has 1 aromatic heterocycles. The maximum absolute atomic E-state index is 5.59. The van der Waals surface area contributed by atoms with Gasteiger partial charge in [0.15, 0.2) is 5.95 Å². The lowest BCUT2D eigenvalue weighted by Gasteiger charge is -2.09. The predicted molar refractivity (Wildman–Crippen MR) is 69.3 cm³/mol. The second-order valence-corrected chi connectivity index (χ2v) is 4.09. The summed E-state index contributed by atoms with van der Waals surface area (Å²) in [6.45, 7) is 4.03. The Morgan fingerprint density at radius 1 is 1.24 bits per heavy atom. The Morgan fingerprint density at radius 2 is 1.94 bits per heavy atom. The zero-order valence-corrected chi connectivity index (χ0v) is 10.3. The third-order valence-electron chi connectivity index (χ3n) is 2.35. The highest BCUT2D eigenvalue weighted by molar-refractivity contribution is 5.61. The first kappa shape index (κ1) is 11.5. The SMILES string of the molecule is CNc1ncc(-c2ccc(OC(C)C)cc2)[nH]1. The molecular weight excluding hydrogens is 214 g/mol. The number of anilines is 1. The summed E-state index contributed by atoms with van der Waals surface area (Å²) in [5.41, 5.74) is 2.08. The van der Waals surface area contributed by atoms with Crippen molar-refractivity contribution < 1.29 is 4.74 Å². The van der Waals surface area contributed by atoms with E-state index in [1.807, 2.05) is 51.4 Å². The lowest BCUT2D eigenvalue weighted by atomic mass is 10.2. The molecule has 0 saturated heterocycles. The Bertz CT molecular complexity index is 474. The van der Waals surface area contributed by atoms with E-state index >= 15 is 0 Å². The standard InChI is InChI=1S/C13H17N3O/c1-9(2)17-11-6-4-10(5-7-11)12-8-15-13(14-3)16-12/h4-9H,1-3H3,(H2,14,15,16). The van der Waals surface area contributed by atoms with E-state index in [2.05, 4.69) is 15.3 Å². The summed E-state index contributed by atoms with van der Waals surface area (Å²) in [7, 11) is 1.84. The van der Waals surface area contributed by atoms with Gasteiger partial charge in [-0.05, 0) is 43.7 Å². The molecule has 0 aliphatic carbocycles. The molecule has 2 rings (SSSR count). The molecule has 0 spiro atoms. The Balaban J connectivity index is 2.17. The molecule has 0 fully saturated rings. The van der Waals surface area contributed by atoms with Crippen molar-refractivity contribution in [2.45, 2.75) is 20.0 Å². The number of ether oxygens (including phenoxy) is 1. The number of hydrogen-bond acceptors (Lipinski definition) is 3. The zero-order chi connectivity index (χ0) is 12.3. The molecule has 0 aliphatic rings. The zero-order valence-electron chi connectivity index (χ0n) is 10.3. The lowest BCUT2D eigenvalue weighted by Crippen LogP contribution is -2.05. The van der Waals surface area contributed by atoms with Gasteiger partial charge in [-0.25, -0.2) is 4.98 Å². The van der Waals surface area contributed by atoms with Crippen molar-refractivity contribution in [3.8, 4) is 17.0 Å². The second kappa shape index (κ2) is 4.91. The lowest BCUT2D eigenvalue weighted by molar-refractivity contribution is 0.242. The Hall–Kier alpha value is -1.97. The largest absolute Gasteiger partial charge is 0.491 e. The van der Waals surface area contributed by atoms with Crippen LogP contribution in [0, 0.1) is 0 Å². The summed E-state index contributed by atoms with van der Waals surface area (Å²) in [4.78, 5) is 7.36. The van der Waals surface area contributed by atoms with Crippen LogP contribution in [0.15, 0.2) is 30.5 Å². The highest BCUT2D eigenvalue weighted by atomic mass is 16.5. The predicted octanol–water partition coefficient (Wildman–Crippen LogP) is 2.91. The molecule has 2 aromatic rings. The molecule has 1 heterocycles. The number of hydrogen-bond donors (Lipinski definition) is 2. The van der Waals surface area contributed by atoms with Gasteiger partial charge in [-0.15, -0.1) is 0 Å². The average molecular weight is 231 g/mol. The van der Waals surface area contributed by atoms with Crippen LogP contribution in [0.3, 0.4) is 0 Å². The van der Waals surface area contributed by atoms with E-state index < -0.39 is 0 Å². The molecule has 0 saturated carbocycles. The summed E-state index contributed by atoms with van der Waals surface area (Å²) >= 11 is 0. The number of aromatic amines is 1. The minimum atomic E-state index is 0.198. The molecule has 1 aromatic carbocycles. The van der Waals surface area contributed by atoms with Crippen molar-refractivity contribution in [3.05, 3.63) is 30.5 Å². The number of imidazole rings is 1. The Morgan fingerprint density at radius 3 is 2.47 bits per heavy atom. The number of aromatic nitrogens is 2. The highest BCUT2D eigenvalue weighted by Gasteiger charge is 2.03. The molecule has 0 aliphatic heterocycles. The minimum absolute atomic E-state index is 0.198. The van der Waals surface area contributed by atoms with Crippen molar-refractivity contribution in [1.29, 1.82) is 0 Å². The van der Waals surface area contributed by atoms with E-state index in [-0.39, 0.29) is 6.10 Å². The summed E-state index contributed by atoms with van der Waals surface area (Å²) in [6, 6.07) is 7.97. The summed E-state index contributed by atoms with van der Waals surface area (Å²) < 4.78 is 5.59. The molecule has 4 heteroatoms. The van der Waals surface area contributed by atoms with Gasteiger partial charge in [-0.2, -0.15) is 0 Å². The Labute approximate surface area is 101 Å². The van der Waals surface area contributed by atoms with Crippen molar-refractivity contribution in [1.82, 2.24) is 9.97 Å². The van der Waals surface area contributed by atoms with E-state index in [1.54, 1.807) is 0 Å². The van der Waals surface area contributed by atoms with Crippen molar-refractivity contribution >= 4 is 5.95 Å². The van der Waals surface area contributed by atoms with Crippen LogP contribution in [-0.2, 0) is 0 Å². The molecule has 90 valence electrons.